The third kappa shape index (κ3) is 4.29. The number of nitrogens with zero attached hydrogens (tertiary/aromatic N) is 2. The highest BCUT2D eigenvalue weighted by Gasteiger charge is 2.16. The Balaban J connectivity index is 2.74. The predicted molar refractivity (Wildman–Crippen MR) is 81.9 cm³/mol. The van der Waals surface area contributed by atoms with E-state index in [4.69, 9.17) is 5.11 Å². The molecule has 3 N–H and O–H groups in total. The molecule has 1 heterocycles. The number of aliphatic hydroxyl groups is 2. The molecule has 1 aromatic rings. The molecule has 0 aliphatic rings. The van der Waals surface area contributed by atoms with E-state index < -0.39 is 6.10 Å². The van der Waals surface area contributed by atoms with Crippen LogP contribution in [0.4, 0.5) is 5.69 Å². The number of hydrogen-bond donors (Lipinski definition) is 3. The summed E-state index contributed by atoms with van der Waals surface area (Å²) in [7, 11) is 0. The van der Waals surface area contributed by atoms with Gasteiger partial charge in [-0.2, -0.15) is 5.10 Å². The maximum absolute atomic E-state index is 11.9. The van der Waals surface area contributed by atoms with Gasteiger partial charge in [-0.15, -0.1) is 0 Å². The summed E-state index contributed by atoms with van der Waals surface area (Å²) >= 11 is 3.22. The fourth-order valence-electron chi connectivity index (χ4n) is 2.06. The van der Waals surface area contributed by atoms with E-state index in [1.807, 2.05) is 13.8 Å². The highest BCUT2D eigenvalue weighted by atomic mass is 79.9. The van der Waals surface area contributed by atoms with Crippen LogP contribution >= 0.6 is 15.9 Å². The molecule has 0 amide bonds. The van der Waals surface area contributed by atoms with Crippen LogP contribution in [-0.2, 0) is 6.54 Å². The van der Waals surface area contributed by atoms with Crippen molar-refractivity contribution in [3.8, 4) is 0 Å². The van der Waals surface area contributed by atoms with E-state index >= 15 is 0 Å². The van der Waals surface area contributed by atoms with Gasteiger partial charge in [-0.05, 0) is 21.8 Å². The minimum absolute atomic E-state index is 0.139. The van der Waals surface area contributed by atoms with Crippen molar-refractivity contribution >= 4 is 21.6 Å². The van der Waals surface area contributed by atoms with Gasteiger partial charge in [-0.25, -0.2) is 4.68 Å². The smallest absolute Gasteiger partial charge is 0.283 e. The maximum Gasteiger partial charge on any atom is 0.283 e. The number of halogens is 1. The molecule has 1 rings (SSSR count). The molecule has 0 saturated heterocycles. The van der Waals surface area contributed by atoms with Crippen LogP contribution in [0, 0.1) is 5.92 Å². The Bertz CT molecular complexity index is 474. The Hall–Kier alpha value is -0.920. The first kappa shape index (κ1) is 17.1. The zero-order valence-corrected chi connectivity index (χ0v) is 13.4. The van der Waals surface area contributed by atoms with Crippen molar-refractivity contribution in [2.24, 2.45) is 5.92 Å². The van der Waals surface area contributed by atoms with E-state index in [1.165, 1.54) is 10.9 Å². The molecule has 0 fully saturated rings. The number of nitrogens with one attached hydrogen (secondary N) is 1. The Kier molecular flexibility index (Phi) is 7.18. The van der Waals surface area contributed by atoms with Crippen molar-refractivity contribution < 1.29 is 10.2 Å². The summed E-state index contributed by atoms with van der Waals surface area (Å²) in [6, 6.07) is 0. The van der Waals surface area contributed by atoms with Gasteiger partial charge < -0.3 is 15.5 Å². The molecule has 0 bridgehead atoms. The molecule has 1 unspecified atom stereocenters. The van der Waals surface area contributed by atoms with E-state index in [9.17, 15) is 9.90 Å². The highest BCUT2D eigenvalue weighted by molar-refractivity contribution is 9.10. The van der Waals surface area contributed by atoms with Gasteiger partial charge in [-0.3, -0.25) is 4.79 Å². The first-order valence-corrected chi connectivity index (χ1v) is 7.62. The first-order chi connectivity index (χ1) is 9.54. The Labute approximate surface area is 127 Å². The van der Waals surface area contributed by atoms with Gasteiger partial charge in [0.1, 0.15) is 4.47 Å². The normalized spacial score (nSPS) is 12.7. The molecule has 1 atom stereocenters. The van der Waals surface area contributed by atoms with Gasteiger partial charge in [0.25, 0.3) is 5.56 Å². The van der Waals surface area contributed by atoms with Crippen molar-refractivity contribution in [1.82, 2.24) is 9.78 Å². The van der Waals surface area contributed by atoms with Gasteiger partial charge in [0.15, 0.2) is 0 Å². The molecule has 1 aromatic heterocycles. The van der Waals surface area contributed by atoms with Crippen LogP contribution in [0.15, 0.2) is 15.5 Å². The monoisotopic (exact) mass is 347 g/mol. The third-order valence-electron chi connectivity index (χ3n) is 3.39. The molecule has 0 aromatic carbocycles. The molecule has 0 spiro atoms. The average molecular weight is 348 g/mol. The predicted octanol–water partition coefficient (Wildman–Crippen LogP) is 1.21. The summed E-state index contributed by atoms with van der Waals surface area (Å²) < 4.78 is 1.55. The topological polar surface area (TPSA) is 87.4 Å². The lowest BCUT2D eigenvalue weighted by Gasteiger charge is -2.21. The Morgan fingerprint density at radius 1 is 1.45 bits per heavy atom. The van der Waals surface area contributed by atoms with Crippen LogP contribution in [0.25, 0.3) is 0 Å². The lowest BCUT2D eigenvalue weighted by Crippen LogP contribution is -2.30. The van der Waals surface area contributed by atoms with E-state index in [1.54, 1.807) is 0 Å². The van der Waals surface area contributed by atoms with Crippen LogP contribution in [0.5, 0.6) is 0 Å². The highest BCUT2D eigenvalue weighted by Crippen LogP contribution is 2.18. The summed E-state index contributed by atoms with van der Waals surface area (Å²) in [6.45, 7) is 4.49. The first-order valence-electron chi connectivity index (χ1n) is 6.83. The maximum atomic E-state index is 11.9. The molecule has 6 nitrogen and oxygen atoms in total. The number of anilines is 1. The molecule has 20 heavy (non-hydrogen) atoms. The van der Waals surface area contributed by atoms with E-state index in [0.29, 0.717) is 16.7 Å². The van der Waals surface area contributed by atoms with Crippen LogP contribution in [0.3, 0.4) is 0 Å². The van der Waals surface area contributed by atoms with Crippen molar-refractivity contribution in [2.45, 2.75) is 39.3 Å². The zero-order chi connectivity index (χ0) is 15.1. The second-order valence-electron chi connectivity index (χ2n) is 4.65. The van der Waals surface area contributed by atoms with Crippen LogP contribution in [-0.4, -0.2) is 39.2 Å². The van der Waals surface area contributed by atoms with E-state index in [-0.39, 0.29) is 24.6 Å². The van der Waals surface area contributed by atoms with Gasteiger partial charge in [-0.1, -0.05) is 26.7 Å². The minimum atomic E-state index is -0.461. The quantitative estimate of drug-likeness (QED) is 0.657. The Morgan fingerprint density at radius 2 is 2.10 bits per heavy atom. The molecule has 0 radical (unpaired) electrons. The van der Waals surface area contributed by atoms with Crippen LogP contribution in [0.2, 0.25) is 0 Å². The van der Waals surface area contributed by atoms with Gasteiger partial charge in [0.2, 0.25) is 0 Å². The van der Waals surface area contributed by atoms with Crippen molar-refractivity contribution in [3.63, 3.8) is 0 Å². The van der Waals surface area contributed by atoms with Crippen molar-refractivity contribution in [2.75, 3.05) is 18.5 Å². The second-order valence-corrected chi connectivity index (χ2v) is 5.44. The number of rotatable bonds is 8. The lowest BCUT2D eigenvalue weighted by atomic mass is 9.96. The molecular formula is C13H22BrN3O3. The number of aliphatic hydroxyl groups excluding tert-OH is 2. The zero-order valence-electron chi connectivity index (χ0n) is 11.8. The number of aromatic nitrogens is 2. The SMILES string of the molecule is CCC(CC)C(O)CNc1cnn(CCO)c(=O)c1Br. The van der Waals surface area contributed by atoms with Crippen LogP contribution in [0.1, 0.15) is 26.7 Å². The number of hydrogen-bond acceptors (Lipinski definition) is 5. The standard InChI is InChI=1S/C13H22BrN3O3/c1-3-9(4-2)11(19)8-15-10-7-16-17(5-6-18)13(20)12(10)14/h7,9,11,15,18-19H,3-6,8H2,1-2H3. The molecule has 7 heteroatoms. The van der Waals surface area contributed by atoms with Crippen molar-refractivity contribution in [3.05, 3.63) is 21.0 Å². The minimum Gasteiger partial charge on any atom is -0.394 e. The summed E-state index contributed by atoms with van der Waals surface area (Å²) in [6.07, 6.45) is 2.88. The Morgan fingerprint density at radius 3 is 2.65 bits per heavy atom. The summed E-state index contributed by atoms with van der Waals surface area (Å²) in [4.78, 5) is 11.9. The average Bonchev–Trinajstić information content (AvgIpc) is 2.44. The second kappa shape index (κ2) is 8.39. The van der Waals surface area contributed by atoms with Crippen molar-refractivity contribution in [1.29, 1.82) is 0 Å². The fourth-order valence-corrected chi connectivity index (χ4v) is 2.50. The third-order valence-corrected chi connectivity index (χ3v) is 4.16. The summed E-state index contributed by atoms with van der Waals surface area (Å²) in [5.41, 5.74) is 0.246. The van der Waals surface area contributed by atoms with Gasteiger partial charge >= 0.3 is 0 Å². The molecular weight excluding hydrogens is 326 g/mol. The summed E-state index contributed by atoms with van der Waals surface area (Å²) in [5, 5.41) is 25.9. The van der Waals surface area contributed by atoms with Gasteiger partial charge in [0, 0.05) is 6.54 Å². The van der Waals surface area contributed by atoms with Gasteiger partial charge in [0.05, 0.1) is 31.1 Å². The summed E-state index contributed by atoms with van der Waals surface area (Å²) in [5.74, 6) is 0.240. The van der Waals surface area contributed by atoms with Crippen LogP contribution < -0.4 is 10.9 Å². The lowest BCUT2D eigenvalue weighted by molar-refractivity contribution is 0.114. The fraction of sp³-hybridized carbons (Fsp3) is 0.692. The van der Waals surface area contributed by atoms with E-state index in [2.05, 4.69) is 26.3 Å². The molecule has 0 saturated carbocycles. The molecule has 114 valence electrons. The largest absolute Gasteiger partial charge is 0.394 e. The van der Waals surface area contributed by atoms with E-state index in [0.717, 1.165) is 12.8 Å². The molecule has 0 aliphatic carbocycles. The molecule has 0 aliphatic heterocycles.